The van der Waals surface area contributed by atoms with Crippen LogP contribution in [0.5, 0.6) is 5.75 Å². The van der Waals surface area contributed by atoms with Crippen molar-refractivity contribution in [2.24, 2.45) is 0 Å². The van der Waals surface area contributed by atoms with E-state index in [1.165, 1.54) is 0 Å². The van der Waals surface area contributed by atoms with E-state index in [9.17, 15) is 0 Å². The van der Waals surface area contributed by atoms with E-state index in [0.29, 0.717) is 16.5 Å². The van der Waals surface area contributed by atoms with E-state index in [2.05, 4.69) is 4.98 Å². The van der Waals surface area contributed by atoms with E-state index in [4.69, 9.17) is 26.3 Å². The van der Waals surface area contributed by atoms with E-state index in [1.807, 2.05) is 69.3 Å². The third-order valence-electron chi connectivity index (χ3n) is 4.15. The lowest BCUT2D eigenvalue weighted by molar-refractivity contribution is 0.409. The number of rotatable bonds is 3. The molecule has 132 valence electrons. The maximum absolute atomic E-state index is 6.43. The van der Waals surface area contributed by atoms with Gasteiger partial charge in [-0.15, -0.1) is 0 Å². The molecule has 0 radical (unpaired) electrons. The molecule has 3 rings (SSSR count). The van der Waals surface area contributed by atoms with E-state index >= 15 is 0 Å². The van der Waals surface area contributed by atoms with E-state index in [-0.39, 0.29) is 0 Å². The zero-order valence-corrected chi connectivity index (χ0v) is 16.0. The molecule has 26 heavy (non-hydrogen) atoms. The number of hydrogen-bond acceptors (Lipinski definition) is 4. The van der Waals surface area contributed by atoms with Crippen molar-refractivity contribution >= 4 is 23.8 Å². The van der Waals surface area contributed by atoms with Gasteiger partial charge in [-0.05, 0) is 39.0 Å². The summed E-state index contributed by atoms with van der Waals surface area (Å²) in [5, 5.41) is 2.46. The fourth-order valence-corrected chi connectivity index (χ4v) is 3.08. The highest BCUT2D eigenvalue weighted by atomic mass is 35.5. The molecule has 0 aliphatic rings. The molecular weight excluding hydrogens is 346 g/mol. The predicted molar refractivity (Wildman–Crippen MR) is 107 cm³/mol. The molecule has 0 fully saturated rings. The van der Waals surface area contributed by atoms with Crippen LogP contribution < -0.4 is 15.3 Å². The van der Waals surface area contributed by atoms with Crippen LogP contribution >= 0.6 is 11.6 Å². The van der Waals surface area contributed by atoms with Gasteiger partial charge in [-0.2, -0.15) is 0 Å². The first-order valence-electron chi connectivity index (χ1n) is 8.36. The molecule has 0 saturated carbocycles. The molecule has 0 aliphatic carbocycles. The molecule has 1 aromatic carbocycles. The van der Waals surface area contributed by atoms with Gasteiger partial charge < -0.3 is 4.74 Å². The molecule has 0 N–H and O–H groups in total. The first kappa shape index (κ1) is 18.1. The monoisotopic (exact) mass is 365 g/mol. The molecule has 0 unspecified atom stereocenters. The topological polar surface area (TPSA) is 47.9 Å². The van der Waals surface area contributed by atoms with Gasteiger partial charge in [0.2, 0.25) is 0 Å². The number of benzene rings is 1. The summed E-state index contributed by atoms with van der Waals surface area (Å²) in [6.45, 7) is 5.84. The van der Waals surface area contributed by atoms with Crippen molar-refractivity contribution in [1.29, 1.82) is 0 Å². The smallest absolute Gasteiger partial charge is 0.179 e. The van der Waals surface area contributed by atoms with Gasteiger partial charge >= 0.3 is 0 Å². The number of hydrogen-bond donors (Lipinski definition) is 0. The first-order chi connectivity index (χ1) is 12.6. The number of methoxy groups -OCH3 is 1. The highest BCUT2D eigenvalue weighted by Crippen LogP contribution is 2.25. The van der Waals surface area contributed by atoms with Crippen LogP contribution in [0.25, 0.3) is 34.9 Å². The van der Waals surface area contributed by atoms with Gasteiger partial charge in [0.15, 0.2) is 5.82 Å². The molecule has 0 spiro atoms. The summed E-state index contributed by atoms with van der Waals surface area (Å²) in [4.78, 5) is 14.1. The SMILES string of the molecule is C/C=c1/c(-c2ccccc2Cl)nc(-c2ccc(OC)c(C)n2)n/c1=C/C. The zero-order valence-electron chi connectivity index (χ0n) is 15.2. The van der Waals surface area contributed by atoms with Gasteiger partial charge in [0, 0.05) is 15.8 Å². The van der Waals surface area contributed by atoms with Gasteiger partial charge in [-0.25, -0.2) is 15.0 Å². The summed E-state index contributed by atoms with van der Waals surface area (Å²) in [6, 6.07) is 11.4. The number of aryl methyl sites for hydroxylation is 1. The van der Waals surface area contributed by atoms with Gasteiger partial charge in [-0.1, -0.05) is 42.0 Å². The number of nitrogens with zero attached hydrogens (tertiary/aromatic N) is 3. The van der Waals surface area contributed by atoms with Crippen LogP contribution in [0, 0.1) is 6.92 Å². The average Bonchev–Trinajstić information content (AvgIpc) is 2.67. The Hall–Kier alpha value is -2.72. The lowest BCUT2D eigenvalue weighted by atomic mass is 10.1. The molecule has 0 atom stereocenters. The molecule has 2 heterocycles. The molecule has 4 nitrogen and oxygen atoms in total. The fraction of sp³-hybridized carbons (Fsp3) is 0.190. The molecule has 0 bridgehead atoms. The molecule has 0 saturated heterocycles. The summed E-state index contributed by atoms with van der Waals surface area (Å²) in [6.07, 6.45) is 3.97. The third kappa shape index (κ3) is 3.33. The van der Waals surface area contributed by atoms with Crippen LogP contribution in [0.3, 0.4) is 0 Å². The Morgan fingerprint density at radius 1 is 0.962 bits per heavy atom. The molecule has 0 aliphatic heterocycles. The maximum Gasteiger partial charge on any atom is 0.179 e. The fourth-order valence-electron chi connectivity index (χ4n) is 2.85. The quantitative estimate of drug-likeness (QED) is 0.708. The maximum atomic E-state index is 6.43. The number of aromatic nitrogens is 3. The van der Waals surface area contributed by atoms with Crippen molar-refractivity contribution in [3.63, 3.8) is 0 Å². The number of halogens is 1. The van der Waals surface area contributed by atoms with Gasteiger partial charge in [-0.3, -0.25) is 0 Å². The van der Waals surface area contributed by atoms with Crippen molar-refractivity contribution in [2.75, 3.05) is 7.11 Å². The molecule has 5 heteroatoms. The number of ether oxygens (including phenoxy) is 1. The lowest BCUT2D eigenvalue weighted by Crippen LogP contribution is -2.32. The highest BCUT2D eigenvalue weighted by molar-refractivity contribution is 6.33. The van der Waals surface area contributed by atoms with Crippen molar-refractivity contribution in [3.8, 4) is 28.5 Å². The minimum Gasteiger partial charge on any atom is -0.495 e. The van der Waals surface area contributed by atoms with Crippen LogP contribution in [-0.2, 0) is 0 Å². The Labute approximate surface area is 157 Å². The second-order valence-electron chi connectivity index (χ2n) is 5.74. The van der Waals surface area contributed by atoms with Crippen molar-refractivity contribution in [2.45, 2.75) is 20.8 Å². The third-order valence-corrected chi connectivity index (χ3v) is 4.48. The Morgan fingerprint density at radius 2 is 1.73 bits per heavy atom. The molecule has 3 aromatic rings. The standard InChI is InChI=1S/C21H20ClN3O/c1-5-14-17(6-2)24-21(18-11-12-19(26-4)13(3)23-18)25-20(14)15-9-7-8-10-16(15)22/h5-12H,1-4H3/b14-5+,17-6+. The second-order valence-corrected chi connectivity index (χ2v) is 6.14. The van der Waals surface area contributed by atoms with Crippen LogP contribution in [0.15, 0.2) is 36.4 Å². The predicted octanol–water partition coefficient (Wildman–Crippen LogP) is 3.78. The molecular formula is C21H20ClN3O. The second kappa shape index (κ2) is 7.67. The van der Waals surface area contributed by atoms with Gasteiger partial charge in [0.1, 0.15) is 11.4 Å². The minimum atomic E-state index is 0.560. The summed E-state index contributed by atoms with van der Waals surface area (Å²) < 4.78 is 5.29. The zero-order chi connectivity index (χ0) is 18.7. The van der Waals surface area contributed by atoms with Gasteiger partial charge in [0.05, 0.1) is 23.8 Å². The van der Waals surface area contributed by atoms with E-state index in [0.717, 1.165) is 33.3 Å². The van der Waals surface area contributed by atoms with E-state index < -0.39 is 0 Å². The summed E-state index contributed by atoms with van der Waals surface area (Å²) in [5.74, 6) is 1.30. The normalized spacial score (nSPS) is 12.5. The summed E-state index contributed by atoms with van der Waals surface area (Å²) in [5.41, 5.74) is 3.16. The van der Waals surface area contributed by atoms with Crippen molar-refractivity contribution < 1.29 is 4.74 Å². The van der Waals surface area contributed by atoms with Crippen molar-refractivity contribution in [1.82, 2.24) is 15.0 Å². The molecule has 2 aromatic heterocycles. The first-order valence-corrected chi connectivity index (χ1v) is 8.74. The summed E-state index contributed by atoms with van der Waals surface area (Å²) >= 11 is 6.43. The summed E-state index contributed by atoms with van der Waals surface area (Å²) in [7, 11) is 1.63. The van der Waals surface area contributed by atoms with Crippen LogP contribution in [-0.4, -0.2) is 22.1 Å². The van der Waals surface area contributed by atoms with Gasteiger partial charge in [0.25, 0.3) is 0 Å². The van der Waals surface area contributed by atoms with Crippen molar-refractivity contribution in [3.05, 3.63) is 57.7 Å². The number of pyridine rings is 1. The average molecular weight is 366 g/mol. The van der Waals surface area contributed by atoms with Crippen LogP contribution in [0.1, 0.15) is 19.5 Å². The van der Waals surface area contributed by atoms with Crippen LogP contribution in [0.2, 0.25) is 5.02 Å². The Balaban J connectivity index is 2.32. The van der Waals surface area contributed by atoms with E-state index in [1.54, 1.807) is 7.11 Å². The molecule has 0 amide bonds. The highest BCUT2D eigenvalue weighted by Gasteiger charge is 2.13. The Morgan fingerprint density at radius 3 is 2.35 bits per heavy atom. The lowest BCUT2D eigenvalue weighted by Gasteiger charge is -2.09. The van der Waals surface area contributed by atoms with Crippen LogP contribution in [0.4, 0.5) is 0 Å². The minimum absolute atomic E-state index is 0.560. The Bertz CT molecular complexity index is 1080. The Kier molecular flexibility index (Phi) is 5.33. The largest absolute Gasteiger partial charge is 0.495 e.